The standard InChI is InChI=1S/C17H22FN5O/c1-11(2)17(12-3-5-13(18)6-4-12)19-16(24)10-23-8-7-14-15(9-23)21-22-20-14/h3-6,11,17H,7-10H2,1-2H3,(H,19,24)(H,20,21,22). The first kappa shape index (κ1) is 16.6. The molecule has 1 aliphatic rings. The van der Waals surface area contributed by atoms with Crippen molar-refractivity contribution < 1.29 is 9.18 Å². The molecule has 1 atom stereocenters. The van der Waals surface area contributed by atoms with Crippen LogP contribution in [0.2, 0.25) is 0 Å². The topological polar surface area (TPSA) is 73.9 Å². The van der Waals surface area contributed by atoms with Gasteiger partial charge < -0.3 is 5.32 Å². The summed E-state index contributed by atoms with van der Waals surface area (Å²) in [5.41, 5.74) is 2.81. The highest BCUT2D eigenvalue weighted by molar-refractivity contribution is 5.78. The van der Waals surface area contributed by atoms with Crippen LogP contribution < -0.4 is 5.32 Å². The molecule has 1 aromatic carbocycles. The second kappa shape index (κ2) is 7.09. The van der Waals surface area contributed by atoms with E-state index in [1.807, 2.05) is 13.8 Å². The number of aromatic nitrogens is 3. The highest BCUT2D eigenvalue weighted by Crippen LogP contribution is 2.22. The molecule has 3 rings (SSSR count). The lowest BCUT2D eigenvalue weighted by atomic mass is 9.96. The summed E-state index contributed by atoms with van der Waals surface area (Å²) in [6.45, 7) is 5.81. The molecule has 0 saturated carbocycles. The van der Waals surface area contributed by atoms with E-state index in [1.54, 1.807) is 12.1 Å². The van der Waals surface area contributed by atoms with Crippen LogP contribution in [0.3, 0.4) is 0 Å². The Morgan fingerprint density at radius 2 is 2.00 bits per heavy atom. The average molecular weight is 331 g/mol. The second-order valence-corrected chi connectivity index (χ2v) is 6.52. The first-order valence-corrected chi connectivity index (χ1v) is 8.18. The van der Waals surface area contributed by atoms with E-state index in [2.05, 4.69) is 25.6 Å². The third-order valence-corrected chi connectivity index (χ3v) is 4.32. The Bertz CT molecular complexity index is 697. The summed E-state index contributed by atoms with van der Waals surface area (Å²) in [5.74, 6) is -0.0998. The molecule has 24 heavy (non-hydrogen) atoms. The predicted molar refractivity (Wildman–Crippen MR) is 87.5 cm³/mol. The van der Waals surface area contributed by atoms with Crippen molar-refractivity contribution in [1.29, 1.82) is 0 Å². The Hall–Kier alpha value is -2.28. The molecule has 1 aliphatic heterocycles. The molecule has 6 nitrogen and oxygen atoms in total. The van der Waals surface area contributed by atoms with Crippen LogP contribution in [-0.4, -0.2) is 39.3 Å². The number of benzene rings is 1. The Morgan fingerprint density at radius 1 is 1.29 bits per heavy atom. The van der Waals surface area contributed by atoms with Crippen LogP contribution in [0.25, 0.3) is 0 Å². The van der Waals surface area contributed by atoms with E-state index in [4.69, 9.17) is 0 Å². The summed E-state index contributed by atoms with van der Waals surface area (Å²) in [5, 5.41) is 13.9. The third kappa shape index (κ3) is 3.79. The Morgan fingerprint density at radius 3 is 2.71 bits per heavy atom. The van der Waals surface area contributed by atoms with Gasteiger partial charge >= 0.3 is 0 Å². The quantitative estimate of drug-likeness (QED) is 0.876. The van der Waals surface area contributed by atoms with E-state index in [-0.39, 0.29) is 23.7 Å². The zero-order valence-corrected chi connectivity index (χ0v) is 13.9. The number of fused-ring (bicyclic) bond motifs is 1. The molecule has 7 heteroatoms. The average Bonchev–Trinajstić information content (AvgIpc) is 3.01. The minimum Gasteiger partial charge on any atom is -0.348 e. The zero-order valence-electron chi connectivity index (χ0n) is 13.9. The maximum atomic E-state index is 13.1. The van der Waals surface area contributed by atoms with Crippen molar-refractivity contribution in [2.24, 2.45) is 5.92 Å². The lowest BCUT2D eigenvalue weighted by Crippen LogP contribution is -2.42. The summed E-state index contributed by atoms with van der Waals surface area (Å²) < 4.78 is 13.1. The van der Waals surface area contributed by atoms with Gasteiger partial charge in [-0.3, -0.25) is 9.69 Å². The SMILES string of the molecule is CC(C)C(NC(=O)CN1CCc2n[nH]nc2C1)c1ccc(F)cc1. The van der Waals surface area contributed by atoms with Gasteiger partial charge in [0.05, 0.1) is 24.0 Å². The maximum absolute atomic E-state index is 13.1. The lowest BCUT2D eigenvalue weighted by molar-refractivity contribution is -0.123. The van der Waals surface area contributed by atoms with Crippen molar-refractivity contribution in [3.8, 4) is 0 Å². The van der Waals surface area contributed by atoms with E-state index in [0.29, 0.717) is 13.1 Å². The number of H-pyrrole nitrogens is 1. The molecule has 2 N–H and O–H groups in total. The molecular weight excluding hydrogens is 309 g/mol. The van der Waals surface area contributed by atoms with E-state index in [0.717, 1.165) is 29.9 Å². The van der Waals surface area contributed by atoms with Gasteiger partial charge in [0.2, 0.25) is 5.91 Å². The number of aromatic amines is 1. The van der Waals surface area contributed by atoms with Gasteiger partial charge in [-0.25, -0.2) is 4.39 Å². The van der Waals surface area contributed by atoms with Crippen LogP contribution in [0.15, 0.2) is 24.3 Å². The van der Waals surface area contributed by atoms with E-state index in [1.165, 1.54) is 12.1 Å². The fraction of sp³-hybridized carbons (Fsp3) is 0.471. The van der Waals surface area contributed by atoms with Crippen molar-refractivity contribution in [1.82, 2.24) is 25.6 Å². The van der Waals surface area contributed by atoms with Gasteiger partial charge in [0.1, 0.15) is 5.82 Å². The number of rotatable bonds is 5. The van der Waals surface area contributed by atoms with Gasteiger partial charge in [-0.2, -0.15) is 15.4 Å². The number of carbonyl (C=O) groups is 1. The molecule has 1 aromatic heterocycles. The molecule has 0 aliphatic carbocycles. The van der Waals surface area contributed by atoms with Crippen LogP contribution in [-0.2, 0) is 17.8 Å². The number of hydrogen-bond donors (Lipinski definition) is 2. The van der Waals surface area contributed by atoms with Crippen LogP contribution in [0.4, 0.5) is 4.39 Å². The fourth-order valence-electron chi connectivity index (χ4n) is 3.02. The predicted octanol–water partition coefficient (Wildman–Crippen LogP) is 1.82. The fourth-order valence-corrected chi connectivity index (χ4v) is 3.02. The normalized spacial score (nSPS) is 16.0. The van der Waals surface area contributed by atoms with Crippen molar-refractivity contribution in [3.05, 3.63) is 47.0 Å². The van der Waals surface area contributed by atoms with Gasteiger partial charge in [0, 0.05) is 19.5 Å². The summed E-state index contributed by atoms with van der Waals surface area (Å²) in [6.07, 6.45) is 0.796. The summed E-state index contributed by atoms with van der Waals surface area (Å²) in [6, 6.07) is 6.16. The van der Waals surface area contributed by atoms with Gasteiger partial charge in [-0.15, -0.1) is 0 Å². The van der Waals surface area contributed by atoms with Crippen molar-refractivity contribution >= 4 is 5.91 Å². The lowest BCUT2D eigenvalue weighted by Gasteiger charge is -2.27. The largest absolute Gasteiger partial charge is 0.348 e. The molecule has 0 radical (unpaired) electrons. The number of halogens is 1. The zero-order chi connectivity index (χ0) is 17.1. The molecule has 2 heterocycles. The smallest absolute Gasteiger partial charge is 0.234 e. The van der Waals surface area contributed by atoms with Crippen molar-refractivity contribution in [2.45, 2.75) is 32.9 Å². The van der Waals surface area contributed by atoms with Crippen molar-refractivity contribution in [3.63, 3.8) is 0 Å². The highest BCUT2D eigenvalue weighted by atomic mass is 19.1. The number of nitrogens with zero attached hydrogens (tertiary/aromatic N) is 3. The van der Waals surface area contributed by atoms with E-state index >= 15 is 0 Å². The van der Waals surface area contributed by atoms with Gasteiger partial charge in [-0.05, 0) is 23.6 Å². The van der Waals surface area contributed by atoms with Crippen LogP contribution in [0, 0.1) is 11.7 Å². The Kier molecular flexibility index (Phi) is 4.89. The molecule has 0 fully saturated rings. The minimum atomic E-state index is -0.274. The molecule has 0 saturated heterocycles. The Balaban J connectivity index is 1.61. The molecule has 0 bridgehead atoms. The second-order valence-electron chi connectivity index (χ2n) is 6.52. The van der Waals surface area contributed by atoms with Gasteiger partial charge in [0.25, 0.3) is 0 Å². The van der Waals surface area contributed by atoms with Gasteiger partial charge in [0.15, 0.2) is 0 Å². The van der Waals surface area contributed by atoms with E-state index in [9.17, 15) is 9.18 Å². The molecule has 1 unspecified atom stereocenters. The van der Waals surface area contributed by atoms with E-state index < -0.39 is 0 Å². The molecule has 128 valence electrons. The summed E-state index contributed by atoms with van der Waals surface area (Å²) in [7, 11) is 0. The Labute approximate surface area is 140 Å². The summed E-state index contributed by atoms with van der Waals surface area (Å²) >= 11 is 0. The molecule has 0 spiro atoms. The summed E-state index contributed by atoms with van der Waals surface area (Å²) in [4.78, 5) is 14.5. The number of hydrogen-bond acceptors (Lipinski definition) is 4. The van der Waals surface area contributed by atoms with Crippen molar-refractivity contribution in [2.75, 3.05) is 13.1 Å². The number of amides is 1. The van der Waals surface area contributed by atoms with Crippen LogP contribution in [0.5, 0.6) is 0 Å². The van der Waals surface area contributed by atoms with Crippen LogP contribution in [0.1, 0.15) is 36.8 Å². The van der Waals surface area contributed by atoms with Crippen LogP contribution >= 0.6 is 0 Å². The van der Waals surface area contributed by atoms with Gasteiger partial charge in [-0.1, -0.05) is 26.0 Å². The monoisotopic (exact) mass is 331 g/mol. The molecule has 2 aromatic rings. The minimum absolute atomic E-state index is 0.0371. The maximum Gasteiger partial charge on any atom is 0.234 e. The number of carbonyl (C=O) groups excluding carboxylic acids is 1. The first-order valence-electron chi connectivity index (χ1n) is 8.18. The molecule has 1 amide bonds. The highest BCUT2D eigenvalue weighted by Gasteiger charge is 2.23. The first-order chi connectivity index (χ1) is 11.5. The third-order valence-electron chi connectivity index (χ3n) is 4.32. The number of nitrogens with one attached hydrogen (secondary N) is 2. The molecular formula is C17H22FN5O.